The van der Waals surface area contributed by atoms with E-state index in [-0.39, 0.29) is 10.8 Å². The first-order valence-electron chi connectivity index (χ1n) is 4.07. The lowest BCUT2D eigenvalue weighted by molar-refractivity contribution is -0.139. The number of ether oxygens (including phenoxy) is 1. The van der Waals surface area contributed by atoms with Crippen LogP contribution in [0.2, 0.25) is 0 Å². The molecule has 0 rings (SSSR count). The highest BCUT2D eigenvalue weighted by molar-refractivity contribution is 9.10. The molecule has 1 N–H and O–H groups in total. The van der Waals surface area contributed by atoms with Crippen LogP contribution in [0.5, 0.6) is 0 Å². The molecule has 0 aromatic rings. The molecule has 0 radical (unpaired) electrons. The second-order valence-corrected chi connectivity index (χ2v) is 5.08. The maximum absolute atomic E-state index is 10.9. The number of hydrogen-bond donors (Lipinski definition) is 1. The van der Waals surface area contributed by atoms with E-state index in [2.05, 4.69) is 39.2 Å². The average Bonchev–Trinajstić information content (AvgIpc) is 2.15. The molecule has 0 saturated heterocycles. The fraction of sp³-hybridized carbons (Fsp3) is 0.875. The first-order chi connectivity index (χ1) is 6.11. The normalized spacial score (nSPS) is 15.1. The van der Waals surface area contributed by atoms with E-state index >= 15 is 0 Å². The van der Waals surface area contributed by atoms with Crippen LogP contribution in [0.1, 0.15) is 6.92 Å². The maximum atomic E-state index is 10.9. The predicted molar refractivity (Wildman–Crippen MR) is 60.6 cm³/mol. The Labute approximate surface area is 92.1 Å². The molecular formula is C8H16BrNO2S. The van der Waals surface area contributed by atoms with Crippen LogP contribution in [0.15, 0.2) is 0 Å². The van der Waals surface area contributed by atoms with E-state index < -0.39 is 0 Å². The number of alkyl halides is 1. The Bertz CT molecular complexity index is 157. The summed E-state index contributed by atoms with van der Waals surface area (Å²) in [6.45, 7) is 3.65. The highest BCUT2D eigenvalue weighted by Gasteiger charge is 2.14. The average molecular weight is 270 g/mol. The van der Waals surface area contributed by atoms with Gasteiger partial charge in [0, 0.05) is 18.3 Å². The van der Waals surface area contributed by atoms with Gasteiger partial charge in [0.15, 0.2) is 0 Å². The van der Waals surface area contributed by atoms with Crippen molar-refractivity contribution in [3.8, 4) is 0 Å². The van der Waals surface area contributed by atoms with Gasteiger partial charge in [0.25, 0.3) is 0 Å². The molecule has 0 amide bonds. The van der Waals surface area contributed by atoms with E-state index in [1.165, 1.54) is 7.11 Å². The van der Waals surface area contributed by atoms with E-state index in [0.29, 0.717) is 11.8 Å². The standard InChI is InChI=1S/C8H16BrNO2S/c1-6(13-3)4-10-5-7(9)8(11)12-2/h6-7,10H,4-5H2,1-3H3. The van der Waals surface area contributed by atoms with Crippen molar-refractivity contribution in [1.82, 2.24) is 5.32 Å². The van der Waals surface area contributed by atoms with Crippen LogP contribution in [0, 0.1) is 0 Å². The van der Waals surface area contributed by atoms with Gasteiger partial charge in [-0.2, -0.15) is 11.8 Å². The minimum absolute atomic E-state index is 0.232. The van der Waals surface area contributed by atoms with Gasteiger partial charge in [-0.3, -0.25) is 4.79 Å². The van der Waals surface area contributed by atoms with Gasteiger partial charge in [0.05, 0.1) is 7.11 Å². The Hall–Kier alpha value is 0.260. The van der Waals surface area contributed by atoms with Crippen LogP contribution >= 0.6 is 27.7 Å². The molecule has 0 aliphatic heterocycles. The quantitative estimate of drug-likeness (QED) is 0.582. The molecule has 2 atom stereocenters. The number of nitrogens with one attached hydrogen (secondary N) is 1. The number of halogens is 1. The summed E-state index contributed by atoms with van der Waals surface area (Å²) >= 11 is 5.03. The van der Waals surface area contributed by atoms with Gasteiger partial charge < -0.3 is 10.1 Å². The Kier molecular flexibility index (Phi) is 7.80. The van der Waals surface area contributed by atoms with Crippen molar-refractivity contribution in [2.45, 2.75) is 17.0 Å². The summed E-state index contributed by atoms with van der Waals surface area (Å²) < 4.78 is 4.56. The molecule has 0 spiro atoms. The van der Waals surface area contributed by atoms with Crippen LogP contribution in [0.25, 0.3) is 0 Å². The topological polar surface area (TPSA) is 38.3 Å². The Morgan fingerprint density at radius 3 is 2.69 bits per heavy atom. The number of esters is 1. The van der Waals surface area contributed by atoms with Crippen LogP contribution in [0.3, 0.4) is 0 Å². The van der Waals surface area contributed by atoms with E-state index in [1.807, 2.05) is 0 Å². The zero-order valence-electron chi connectivity index (χ0n) is 8.17. The van der Waals surface area contributed by atoms with Crippen molar-refractivity contribution in [2.24, 2.45) is 0 Å². The van der Waals surface area contributed by atoms with E-state index in [4.69, 9.17) is 0 Å². The Morgan fingerprint density at radius 2 is 2.23 bits per heavy atom. The number of thioether (sulfide) groups is 1. The maximum Gasteiger partial charge on any atom is 0.320 e. The summed E-state index contributed by atoms with van der Waals surface area (Å²) in [6.07, 6.45) is 2.07. The van der Waals surface area contributed by atoms with E-state index in [9.17, 15) is 4.79 Å². The molecule has 13 heavy (non-hydrogen) atoms. The van der Waals surface area contributed by atoms with Crippen molar-refractivity contribution in [3.63, 3.8) is 0 Å². The summed E-state index contributed by atoms with van der Waals surface area (Å²) in [5.74, 6) is -0.232. The molecule has 0 aromatic heterocycles. The molecule has 0 aromatic carbocycles. The Balaban J connectivity index is 3.47. The van der Waals surface area contributed by atoms with Gasteiger partial charge in [-0.1, -0.05) is 22.9 Å². The van der Waals surface area contributed by atoms with Crippen LogP contribution in [-0.4, -0.2) is 42.5 Å². The minimum Gasteiger partial charge on any atom is -0.468 e. The third-order valence-electron chi connectivity index (χ3n) is 1.61. The third kappa shape index (κ3) is 6.35. The molecule has 0 saturated carbocycles. The van der Waals surface area contributed by atoms with Crippen molar-refractivity contribution in [3.05, 3.63) is 0 Å². The minimum atomic E-state index is -0.244. The lowest BCUT2D eigenvalue weighted by atomic mass is 10.4. The number of methoxy groups -OCH3 is 1. The predicted octanol–water partition coefficient (Wildman–Crippen LogP) is 1.26. The second kappa shape index (κ2) is 7.64. The molecule has 0 fully saturated rings. The number of hydrogen-bond acceptors (Lipinski definition) is 4. The monoisotopic (exact) mass is 269 g/mol. The summed E-state index contributed by atoms with van der Waals surface area (Å²) in [6, 6.07) is 0. The van der Waals surface area contributed by atoms with Gasteiger partial charge in [0.2, 0.25) is 0 Å². The SMILES string of the molecule is COC(=O)C(Br)CNCC(C)SC. The molecule has 5 heteroatoms. The molecule has 3 nitrogen and oxygen atoms in total. The lowest BCUT2D eigenvalue weighted by Gasteiger charge is -2.11. The van der Waals surface area contributed by atoms with Crippen molar-refractivity contribution < 1.29 is 9.53 Å². The summed E-state index contributed by atoms with van der Waals surface area (Å²) in [5.41, 5.74) is 0. The summed E-state index contributed by atoms with van der Waals surface area (Å²) in [7, 11) is 1.39. The molecular weight excluding hydrogens is 254 g/mol. The molecule has 0 bridgehead atoms. The van der Waals surface area contributed by atoms with Gasteiger partial charge >= 0.3 is 5.97 Å². The number of carbonyl (C=O) groups excluding carboxylic acids is 1. The zero-order valence-corrected chi connectivity index (χ0v) is 10.6. The number of carbonyl (C=O) groups is 1. The van der Waals surface area contributed by atoms with Crippen LogP contribution in [-0.2, 0) is 9.53 Å². The third-order valence-corrected chi connectivity index (χ3v) is 3.28. The molecule has 0 aliphatic rings. The van der Waals surface area contributed by atoms with Gasteiger partial charge in [-0.15, -0.1) is 0 Å². The van der Waals surface area contributed by atoms with Gasteiger partial charge in [-0.05, 0) is 6.26 Å². The molecule has 0 aliphatic carbocycles. The van der Waals surface area contributed by atoms with Gasteiger partial charge in [0.1, 0.15) is 4.83 Å². The van der Waals surface area contributed by atoms with Crippen LogP contribution < -0.4 is 5.32 Å². The van der Waals surface area contributed by atoms with Crippen molar-refractivity contribution >= 4 is 33.7 Å². The fourth-order valence-electron chi connectivity index (χ4n) is 0.708. The first-order valence-corrected chi connectivity index (χ1v) is 6.27. The van der Waals surface area contributed by atoms with Gasteiger partial charge in [-0.25, -0.2) is 0 Å². The summed E-state index contributed by atoms with van der Waals surface area (Å²) in [4.78, 5) is 10.7. The lowest BCUT2D eigenvalue weighted by Crippen LogP contribution is -2.32. The zero-order chi connectivity index (χ0) is 10.3. The second-order valence-electron chi connectivity index (χ2n) is 2.70. The van der Waals surface area contributed by atoms with Crippen molar-refractivity contribution in [2.75, 3.05) is 26.5 Å². The molecule has 78 valence electrons. The van der Waals surface area contributed by atoms with E-state index in [1.54, 1.807) is 11.8 Å². The van der Waals surface area contributed by atoms with Crippen molar-refractivity contribution in [1.29, 1.82) is 0 Å². The van der Waals surface area contributed by atoms with E-state index in [0.717, 1.165) is 6.54 Å². The smallest absolute Gasteiger partial charge is 0.320 e. The summed E-state index contributed by atoms with van der Waals surface area (Å²) in [5, 5.41) is 3.75. The Morgan fingerprint density at radius 1 is 1.62 bits per heavy atom. The van der Waals surface area contributed by atoms with Crippen LogP contribution in [0.4, 0.5) is 0 Å². The highest BCUT2D eigenvalue weighted by Crippen LogP contribution is 2.04. The largest absolute Gasteiger partial charge is 0.468 e. The molecule has 0 heterocycles. The first kappa shape index (κ1) is 13.3. The fourth-order valence-corrected chi connectivity index (χ4v) is 1.41. The highest BCUT2D eigenvalue weighted by atomic mass is 79.9. The molecule has 2 unspecified atom stereocenters. The number of rotatable bonds is 6.